The standard InChI is InChI=1S/C34H37NO8/c36-26(21-42-27-12-6-2-7-13-27)22-43-32-29(30(37)20-31(32)38)15-9-3-8-14-28(34(40)41)23-16-18-25(19-17-23)35-33(39)24-10-4-1-5-11-24/h1-8,10-13,16-19,26,28-29,31-32,36,38H,9,14-15,20-22H2,(H,35,39)(H,40,41)/t26?,28-,29+,31-,32+/m0/s1. The van der Waals surface area contributed by atoms with Crippen LogP contribution in [0.15, 0.2) is 97.1 Å². The molecule has 1 unspecified atom stereocenters. The van der Waals surface area contributed by atoms with E-state index in [0.717, 1.165) is 0 Å². The number of carbonyl (C=O) groups is 3. The SMILES string of the molecule is O=C(Nc1ccc([C@H](CC=CCC[C@@H]2C(=O)C[C@H](O)[C@@H]2OCC(O)COc2ccccc2)C(=O)O)cc1)c1ccccc1. The Hall–Kier alpha value is -4.31. The number of carboxylic acids is 1. The van der Waals surface area contributed by atoms with Gasteiger partial charge in [-0.2, -0.15) is 0 Å². The fraction of sp³-hybridized carbons (Fsp3) is 0.324. The quantitative estimate of drug-likeness (QED) is 0.189. The number of amides is 1. The smallest absolute Gasteiger partial charge is 0.311 e. The zero-order valence-electron chi connectivity index (χ0n) is 23.7. The number of anilines is 1. The normalized spacial score (nSPS) is 19.7. The Kier molecular flexibility index (Phi) is 11.6. The average molecular weight is 588 g/mol. The molecular weight excluding hydrogens is 550 g/mol. The minimum absolute atomic E-state index is 0.00144. The van der Waals surface area contributed by atoms with Gasteiger partial charge in [-0.05, 0) is 61.2 Å². The molecule has 4 N–H and O–H groups in total. The first-order valence-electron chi connectivity index (χ1n) is 14.3. The first-order valence-corrected chi connectivity index (χ1v) is 14.3. The summed E-state index contributed by atoms with van der Waals surface area (Å²) in [7, 11) is 0. The van der Waals surface area contributed by atoms with Gasteiger partial charge in [-0.15, -0.1) is 0 Å². The van der Waals surface area contributed by atoms with Gasteiger partial charge in [0.05, 0.1) is 24.7 Å². The lowest BCUT2D eigenvalue weighted by Gasteiger charge is -2.23. The molecule has 0 aliphatic heterocycles. The second-order valence-corrected chi connectivity index (χ2v) is 10.5. The van der Waals surface area contributed by atoms with Crippen molar-refractivity contribution in [2.45, 2.75) is 49.9 Å². The van der Waals surface area contributed by atoms with E-state index in [1.165, 1.54) is 0 Å². The maximum atomic E-state index is 12.5. The molecule has 4 rings (SSSR count). The van der Waals surface area contributed by atoms with Crippen molar-refractivity contribution >= 4 is 23.3 Å². The van der Waals surface area contributed by atoms with Crippen molar-refractivity contribution < 1.29 is 39.2 Å². The number of aliphatic hydroxyl groups is 2. The van der Waals surface area contributed by atoms with Crippen molar-refractivity contribution in [2.75, 3.05) is 18.5 Å². The Morgan fingerprint density at radius 3 is 2.28 bits per heavy atom. The van der Waals surface area contributed by atoms with Gasteiger partial charge in [-0.3, -0.25) is 14.4 Å². The predicted molar refractivity (Wildman–Crippen MR) is 161 cm³/mol. The molecule has 226 valence electrons. The summed E-state index contributed by atoms with van der Waals surface area (Å²) in [6, 6.07) is 24.6. The second-order valence-electron chi connectivity index (χ2n) is 10.5. The maximum absolute atomic E-state index is 12.5. The second kappa shape index (κ2) is 15.8. The number of carboxylic acid groups (broad SMARTS) is 1. The summed E-state index contributed by atoms with van der Waals surface area (Å²) in [6.07, 6.45) is 2.20. The Morgan fingerprint density at radius 2 is 1.60 bits per heavy atom. The van der Waals surface area contributed by atoms with Crippen LogP contribution in [0, 0.1) is 5.92 Å². The fourth-order valence-corrected chi connectivity index (χ4v) is 5.05. The van der Waals surface area contributed by atoms with Crippen LogP contribution in [0.5, 0.6) is 5.75 Å². The van der Waals surface area contributed by atoms with Gasteiger partial charge >= 0.3 is 5.97 Å². The van der Waals surface area contributed by atoms with E-state index < -0.39 is 36.1 Å². The molecule has 0 spiro atoms. The molecule has 5 atom stereocenters. The van der Waals surface area contributed by atoms with Gasteiger partial charge in [0.1, 0.15) is 24.2 Å². The summed E-state index contributed by atoms with van der Waals surface area (Å²) in [5.41, 5.74) is 1.69. The topological polar surface area (TPSA) is 142 Å². The molecule has 1 saturated carbocycles. The highest BCUT2D eigenvalue weighted by Gasteiger charge is 2.42. The average Bonchev–Trinajstić information content (AvgIpc) is 3.29. The van der Waals surface area contributed by atoms with Crippen molar-refractivity contribution in [1.82, 2.24) is 0 Å². The van der Waals surface area contributed by atoms with E-state index in [4.69, 9.17) is 9.47 Å². The first kappa shape index (κ1) is 31.6. The van der Waals surface area contributed by atoms with Crippen molar-refractivity contribution in [3.05, 3.63) is 108 Å². The zero-order chi connectivity index (χ0) is 30.6. The number of hydrogen-bond acceptors (Lipinski definition) is 7. The number of allylic oxidation sites excluding steroid dienone is 2. The Balaban J connectivity index is 1.24. The summed E-state index contributed by atoms with van der Waals surface area (Å²) < 4.78 is 11.3. The highest BCUT2D eigenvalue weighted by atomic mass is 16.5. The van der Waals surface area contributed by atoms with Crippen LogP contribution < -0.4 is 10.1 Å². The molecule has 0 bridgehead atoms. The summed E-state index contributed by atoms with van der Waals surface area (Å²) in [5.74, 6) is -1.99. The Labute approximate surface area is 250 Å². The number of hydrogen-bond donors (Lipinski definition) is 4. The van der Waals surface area contributed by atoms with E-state index in [9.17, 15) is 29.7 Å². The number of nitrogens with one attached hydrogen (secondary N) is 1. The number of carbonyl (C=O) groups excluding carboxylic acids is 2. The van der Waals surface area contributed by atoms with Crippen LogP contribution in [0.4, 0.5) is 5.69 Å². The molecule has 3 aromatic carbocycles. The van der Waals surface area contributed by atoms with Crippen molar-refractivity contribution in [1.29, 1.82) is 0 Å². The van der Waals surface area contributed by atoms with Crippen LogP contribution in [-0.2, 0) is 14.3 Å². The van der Waals surface area contributed by atoms with Gasteiger partial charge in [0.2, 0.25) is 0 Å². The minimum Gasteiger partial charge on any atom is -0.491 e. The highest BCUT2D eigenvalue weighted by molar-refractivity contribution is 6.04. The molecule has 9 heteroatoms. The maximum Gasteiger partial charge on any atom is 0.311 e. The lowest BCUT2D eigenvalue weighted by molar-refractivity contribution is -0.138. The minimum atomic E-state index is -0.969. The molecule has 3 aromatic rings. The summed E-state index contributed by atoms with van der Waals surface area (Å²) in [4.78, 5) is 36.9. The third-order valence-corrected chi connectivity index (χ3v) is 7.35. The molecule has 0 aromatic heterocycles. The molecule has 1 aliphatic rings. The van der Waals surface area contributed by atoms with Gasteiger partial charge in [0.25, 0.3) is 5.91 Å². The summed E-state index contributed by atoms with van der Waals surface area (Å²) in [5, 5.41) is 33.2. The van der Waals surface area contributed by atoms with Gasteiger partial charge in [0, 0.05) is 23.6 Å². The van der Waals surface area contributed by atoms with E-state index in [1.807, 2.05) is 30.3 Å². The molecular formula is C34H37NO8. The molecule has 1 aliphatic carbocycles. The predicted octanol–water partition coefficient (Wildman–Crippen LogP) is 4.61. The van der Waals surface area contributed by atoms with Crippen LogP contribution in [0.25, 0.3) is 0 Å². The van der Waals surface area contributed by atoms with Crippen molar-refractivity contribution in [3.8, 4) is 5.75 Å². The molecule has 0 radical (unpaired) electrons. The number of rotatable bonds is 15. The fourth-order valence-electron chi connectivity index (χ4n) is 5.05. The molecule has 9 nitrogen and oxygen atoms in total. The highest BCUT2D eigenvalue weighted by Crippen LogP contribution is 2.30. The third-order valence-electron chi connectivity index (χ3n) is 7.35. The van der Waals surface area contributed by atoms with Gasteiger partial charge < -0.3 is 30.1 Å². The number of benzene rings is 3. The lowest BCUT2D eigenvalue weighted by Crippen LogP contribution is -2.34. The van der Waals surface area contributed by atoms with Gasteiger partial charge in [0.15, 0.2) is 0 Å². The first-order chi connectivity index (χ1) is 20.8. The number of aliphatic hydroxyl groups excluding tert-OH is 2. The van der Waals surface area contributed by atoms with Crippen LogP contribution in [0.2, 0.25) is 0 Å². The van der Waals surface area contributed by atoms with Gasteiger partial charge in [-0.25, -0.2) is 0 Å². The Bertz CT molecular complexity index is 1360. The van der Waals surface area contributed by atoms with E-state index in [0.29, 0.717) is 35.4 Å². The number of para-hydroxylation sites is 1. The lowest BCUT2D eigenvalue weighted by atomic mass is 9.94. The molecule has 1 fully saturated rings. The molecule has 0 heterocycles. The third kappa shape index (κ3) is 9.34. The Morgan fingerprint density at radius 1 is 0.930 bits per heavy atom. The van der Waals surface area contributed by atoms with E-state index in [1.54, 1.807) is 66.7 Å². The van der Waals surface area contributed by atoms with E-state index >= 15 is 0 Å². The number of aliphatic carboxylic acids is 1. The molecule has 0 saturated heterocycles. The van der Waals surface area contributed by atoms with Crippen molar-refractivity contribution in [3.63, 3.8) is 0 Å². The van der Waals surface area contributed by atoms with Crippen LogP contribution in [-0.4, -0.2) is 64.5 Å². The summed E-state index contributed by atoms with van der Waals surface area (Å²) in [6.45, 7) is -0.0623. The van der Waals surface area contributed by atoms with Crippen LogP contribution in [0.3, 0.4) is 0 Å². The number of ketones is 1. The van der Waals surface area contributed by atoms with E-state index in [2.05, 4.69) is 5.32 Å². The van der Waals surface area contributed by atoms with Crippen LogP contribution >= 0.6 is 0 Å². The van der Waals surface area contributed by atoms with E-state index in [-0.39, 0.29) is 37.7 Å². The number of Topliss-reactive ketones (excluding diaryl/α,β-unsaturated/α-hetero) is 1. The zero-order valence-corrected chi connectivity index (χ0v) is 23.7. The molecule has 43 heavy (non-hydrogen) atoms. The monoisotopic (exact) mass is 587 g/mol. The van der Waals surface area contributed by atoms with Gasteiger partial charge in [-0.1, -0.05) is 60.7 Å². The molecule has 1 amide bonds. The number of ether oxygens (including phenoxy) is 2. The summed E-state index contributed by atoms with van der Waals surface area (Å²) >= 11 is 0. The van der Waals surface area contributed by atoms with Crippen molar-refractivity contribution in [2.24, 2.45) is 5.92 Å². The van der Waals surface area contributed by atoms with Crippen LogP contribution in [0.1, 0.15) is 47.5 Å². The largest absolute Gasteiger partial charge is 0.491 e.